The van der Waals surface area contributed by atoms with Gasteiger partial charge in [0, 0.05) is 18.7 Å². The minimum absolute atomic E-state index is 0.122. The predicted octanol–water partition coefficient (Wildman–Crippen LogP) is 2.99. The number of amides is 1. The van der Waals surface area contributed by atoms with E-state index in [0.29, 0.717) is 23.6 Å². The second kappa shape index (κ2) is 7.55. The molecule has 0 aliphatic carbocycles. The largest absolute Gasteiger partial charge is 0.352 e. The monoisotopic (exact) mass is 292 g/mol. The highest BCUT2D eigenvalue weighted by molar-refractivity contribution is 5.94. The molecule has 0 bridgehead atoms. The van der Waals surface area contributed by atoms with E-state index >= 15 is 0 Å². The molecule has 116 valence electrons. The molecule has 1 unspecified atom stereocenters. The highest BCUT2D eigenvalue weighted by atomic mass is 19.1. The van der Waals surface area contributed by atoms with Crippen LogP contribution in [0.25, 0.3) is 0 Å². The van der Waals surface area contributed by atoms with Crippen LogP contribution in [-0.4, -0.2) is 37.0 Å². The Labute approximate surface area is 126 Å². The Morgan fingerprint density at radius 2 is 2.05 bits per heavy atom. The maximum absolute atomic E-state index is 13.2. The van der Waals surface area contributed by atoms with Crippen LogP contribution in [0, 0.1) is 18.7 Å². The minimum Gasteiger partial charge on any atom is -0.352 e. The summed E-state index contributed by atoms with van der Waals surface area (Å²) in [7, 11) is 0. The van der Waals surface area contributed by atoms with Crippen molar-refractivity contribution < 1.29 is 9.18 Å². The van der Waals surface area contributed by atoms with Crippen LogP contribution < -0.4 is 5.32 Å². The van der Waals surface area contributed by atoms with Crippen molar-refractivity contribution in [3.05, 3.63) is 35.1 Å². The van der Waals surface area contributed by atoms with Crippen molar-refractivity contribution in [3.63, 3.8) is 0 Å². The molecule has 0 spiro atoms. The molecule has 2 rings (SSSR count). The molecule has 0 aromatic heterocycles. The first kappa shape index (κ1) is 16.0. The summed E-state index contributed by atoms with van der Waals surface area (Å²) in [5.41, 5.74) is 1.03. The Bertz CT molecular complexity index is 484. The summed E-state index contributed by atoms with van der Waals surface area (Å²) in [6.45, 7) is 7.87. The number of carbonyl (C=O) groups is 1. The van der Waals surface area contributed by atoms with Gasteiger partial charge in [-0.2, -0.15) is 0 Å². The number of nitrogens with zero attached hydrogens (tertiary/aromatic N) is 1. The van der Waals surface area contributed by atoms with Crippen molar-refractivity contribution in [1.29, 1.82) is 0 Å². The van der Waals surface area contributed by atoms with Gasteiger partial charge in [-0.3, -0.25) is 4.79 Å². The van der Waals surface area contributed by atoms with Crippen molar-refractivity contribution in [1.82, 2.24) is 10.2 Å². The van der Waals surface area contributed by atoms with Crippen LogP contribution in [0.2, 0.25) is 0 Å². The predicted molar refractivity (Wildman–Crippen MR) is 82.9 cm³/mol. The smallest absolute Gasteiger partial charge is 0.251 e. The molecular formula is C17H25FN2O. The highest BCUT2D eigenvalue weighted by Crippen LogP contribution is 2.11. The van der Waals surface area contributed by atoms with Crippen LogP contribution in [0.5, 0.6) is 0 Å². The summed E-state index contributed by atoms with van der Waals surface area (Å²) in [6.07, 6.45) is 3.91. The Hall–Kier alpha value is -1.42. The van der Waals surface area contributed by atoms with Crippen LogP contribution in [0.15, 0.2) is 18.2 Å². The van der Waals surface area contributed by atoms with E-state index in [-0.39, 0.29) is 11.7 Å². The molecule has 1 atom stereocenters. The lowest BCUT2D eigenvalue weighted by atomic mass is 10.1. The summed E-state index contributed by atoms with van der Waals surface area (Å²) in [5.74, 6) is 0.0298. The van der Waals surface area contributed by atoms with E-state index in [0.717, 1.165) is 6.54 Å². The maximum Gasteiger partial charge on any atom is 0.251 e. The van der Waals surface area contributed by atoms with Gasteiger partial charge in [0.15, 0.2) is 0 Å². The Balaban J connectivity index is 1.78. The number of benzene rings is 1. The van der Waals surface area contributed by atoms with Gasteiger partial charge in [-0.05, 0) is 62.5 Å². The molecular weight excluding hydrogens is 267 g/mol. The normalized spacial score (nSPS) is 17.5. The average Bonchev–Trinajstić information content (AvgIpc) is 2.48. The first-order valence-corrected chi connectivity index (χ1v) is 7.83. The van der Waals surface area contributed by atoms with Crippen molar-refractivity contribution in [2.24, 2.45) is 5.92 Å². The standard InChI is InChI=1S/C17H25FN2O/c1-13(12-20-8-4-3-5-9-20)11-19-17(21)15-6-7-16(18)14(2)10-15/h6-7,10,13H,3-5,8-9,11-12H2,1-2H3,(H,19,21). The number of nitrogens with one attached hydrogen (secondary N) is 1. The van der Waals surface area contributed by atoms with Crippen LogP contribution in [0.1, 0.15) is 42.1 Å². The fourth-order valence-electron chi connectivity index (χ4n) is 2.80. The third-order valence-electron chi connectivity index (χ3n) is 4.05. The summed E-state index contributed by atoms with van der Waals surface area (Å²) in [6, 6.07) is 4.48. The van der Waals surface area contributed by atoms with Crippen molar-refractivity contribution in [3.8, 4) is 0 Å². The summed E-state index contributed by atoms with van der Waals surface area (Å²) in [4.78, 5) is 14.5. The van der Waals surface area contributed by atoms with E-state index in [9.17, 15) is 9.18 Å². The second-order valence-corrected chi connectivity index (χ2v) is 6.14. The number of likely N-dealkylation sites (tertiary alicyclic amines) is 1. The van der Waals surface area contributed by atoms with Gasteiger partial charge in [0.2, 0.25) is 0 Å². The molecule has 1 aliphatic rings. The molecule has 1 N–H and O–H groups in total. The zero-order valence-electron chi connectivity index (χ0n) is 13.0. The topological polar surface area (TPSA) is 32.3 Å². The Morgan fingerprint density at radius 3 is 2.71 bits per heavy atom. The molecule has 1 amide bonds. The fraction of sp³-hybridized carbons (Fsp3) is 0.588. The second-order valence-electron chi connectivity index (χ2n) is 6.14. The SMILES string of the molecule is Cc1cc(C(=O)NCC(C)CN2CCCCC2)ccc1F. The summed E-state index contributed by atoms with van der Waals surface area (Å²) >= 11 is 0. The lowest BCUT2D eigenvalue weighted by Crippen LogP contribution is -2.38. The number of piperidine rings is 1. The number of hydrogen-bond acceptors (Lipinski definition) is 2. The number of rotatable bonds is 5. The molecule has 1 heterocycles. The highest BCUT2D eigenvalue weighted by Gasteiger charge is 2.14. The molecule has 1 aliphatic heterocycles. The number of hydrogen-bond donors (Lipinski definition) is 1. The van der Waals surface area contributed by atoms with Crippen LogP contribution >= 0.6 is 0 Å². The van der Waals surface area contributed by atoms with Gasteiger partial charge < -0.3 is 10.2 Å². The van der Waals surface area contributed by atoms with Gasteiger partial charge >= 0.3 is 0 Å². The van der Waals surface area contributed by atoms with Crippen LogP contribution in [-0.2, 0) is 0 Å². The molecule has 3 nitrogen and oxygen atoms in total. The molecule has 1 saturated heterocycles. The zero-order valence-corrected chi connectivity index (χ0v) is 13.0. The molecule has 0 radical (unpaired) electrons. The molecule has 21 heavy (non-hydrogen) atoms. The third-order valence-corrected chi connectivity index (χ3v) is 4.05. The fourth-order valence-corrected chi connectivity index (χ4v) is 2.80. The number of carbonyl (C=O) groups excluding carboxylic acids is 1. The van der Waals surface area contributed by atoms with Crippen LogP contribution in [0.3, 0.4) is 0 Å². The Morgan fingerprint density at radius 1 is 1.33 bits per heavy atom. The van der Waals surface area contributed by atoms with E-state index in [4.69, 9.17) is 0 Å². The molecule has 1 aromatic carbocycles. The number of aryl methyl sites for hydroxylation is 1. The van der Waals surface area contributed by atoms with E-state index in [1.165, 1.54) is 44.5 Å². The van der Waals surface area contributed by atoms with E-state index in [1.807, 2.05) is 0 Å². The molecule has 1 fully saturated rings. The van der Waals surface area contributed by atoms with Gasteiger partial charge in [-0.25, -0.2) is 4.39 Å². The van der Waals surface area contributed by atoms with Crippen LogP contribution in [0.4, 0.5) is 4.39 Å². The van der Waals surface area contributed by atoms with Crippen molar-refractivity contribution >= 4 is 5.91 Å². The van der Waals surface area contributed by atoms with Gasteiger partial charge in [0.25, 0.3) is 5.91 Å². The Kier molecular flexibility index (Phi) is 5.74. The average molecular weight is 292 g/mol. The van der Waals surface area contributed by atoms with E-state index in [2.05, 4.69) is 17.1 Å². The van der Waals surface area contributed by atoms with Gasteiger partial charge in [0.1, 0.15) is 5.82 Å². The van der Waals surface area contributed by atoms with Crippen molar-refractivity contribution in [2.75, 3.05) is 26.2 Å². The summed E-state index contributed by atoms with van der Waals surface area (Å²) < 4.78 is 13.2. The lowest BCUT2D eigenvalue weighted by Gasteiger charge is -2.29. The minimum atomic E-state index is -0.273. The van der Waals surface area contributed by atoms with E-state index < -0.39 is 0 Å². The van der Waals surface area contributed by atoms with Crippen molar-refractivity contribution in [2.45, 2.75) is 33.1 Å². The quantitative estimate of drug-likeness (QED) is 0.905. The summed E-state index contributed by atoms with van der Waals surface area (Å²) in [5, 5.41) is 2.95. The molecule has 0 saturated carbocycles. The molecule has 4 heteroatoms. The van der Waals surface area contributed by atoms with Gasteiger partial charge in [-0.1, -0.05) is 13.3 Å². The first-order chi connectivity index (χ1) is 10.1. The third kappa shape index (κ3) is 4.81. The number of halogens is 1. The van der Waals surface area contributed by atoms with Gasteiger partial charge in [0.05, 0.1) is 0 Å². The maximum atomic E-state index is 13.2. The van der Waals surface area contributed by atoms with Gasteiger partial charge in [-0.15, -0.1) is 0 Å². The first-order valence-electron chi connectivity index (χ1n) is 7.83. The van der Waals surface area contributed by atoms with E-state index in [1.54, 1.807) is 13.0 Å². The lowest BCUT2D eigenvalue weighted by molar-refractivity contribution is 0.0942. The molecule has 1 aromatic rings. The zero-order chi connectivity index (χ0) is 15.2.